The van der Waals surface area contributed by atoms with Crippen LogP contribution in [0.25, 0.3) is 0 Å². The zero-order chi connectivity index (χ0) is 21.6. The molecule has 0 aliphatic heterocycles. The first-order valence-corrected chi connectivity index (χ1v) is 11.7. The summed E-state index contributed by atoms with van der Waals surface area (Å²) in [4.78, 5) is 23.4. The Hall–Kier alpha value is -2.12. The molecule has 0 aromatic rings. The summed E-state index contributed by atoms with van der Waals surface area (Å²) in [5.41, 5.74) is 2.03. The van der Waals surface area contributed by atoms with Crippen LogP contribution in [0.4, 0.5) is 4.79 Å². The fraction of sp³-hybridized carbons (Fsp3) is 0.391. The third kappa shape index (κ3) is 10.1. The molecular formula is C23H29NO4S2. The number of alkyl carbamates (subject to hydrolysis) is 1. The fourth-order valence-corrected chi connectivity index (χ4v) is 3.46. The van der Waals surface area contributed by atoms with Crippen LogP contribution in [0.1, 0.15) is 19.8 Å². The van der Waals surface area contributed by atoms with Gasteiger partial charge < -0.3 is 14.8 Å². The molecule has 1 unspecified atom stereocenters. The Kier molecular flexibility index (Phi) is 11.3. The van der Waals surface area contributed by atoms with Gasteiger partial charge in [-0.25, -0.2) is 4.79 Å². The van der Waals surface area contributed by atoms with Gasteiger partial charge in [-0.1, -0.05) is 67.7 Å². The van der Waals surface area contributed by atoms with Crippen LogP contribution in [0.2, 0.25) is 0 Å². The van der Waals surface area contributed by atoms with Crippen LogP contribution in [0.3, 0.4) is 0 Å². The van der Waals surface area contributed by atoms with Crippen molar-refractivity contribution in [1.29, 1.82) is 0 Å². The molecule has 1 amide bonds. The van der Waals surface area contributed by atoms with Gasteiger partial charge in [-0.3, -0.25) is 4.79 Å². The van der Waals surface area contributed by atoms with Gasteiger partial charge in [-0.05, 0) is 12.2 Å². The van der Waals surface area contributed by atoms with Gasteiger partial charge in [-0.15, -0.1) is 0 Å². The first-order chi connectivity index (χ1) is 14.6. The van der Waals surface area contributed by atoms with Gasteiger partial charge in [0.2, 0.25) is 0 Å². The molecule has 2 aliphatic rings. The number of nitrogens with one attached hydrogen (secondary N) is 1. The number of allylic oxidation sites excluding steroid dienone is 10. The maximum absolute atomic E-state index is 12.0. The van der Waals surface area contributed by atoms with E-state index in [1.807, 2.05) is 67.7 Å². The second-order valence-corrected chi connectivity index (χ2v) is 8.84. The van der Waals surface area contributed by atoms with Crippen LogP contribution in [-0.2, 0) is 14.3 Å². The average Bonchev–Trinajstić information content (AvgIpc) is 3.33. The highest BCUT2D eigenvalue weighted by Gasteiger charge is 2.40. The second-order valence-electron chi connectivity index (χ2n) is 6.74. The molecule has 0 aromatic carbocycles. The maximum atomic E-state index is 12.0. The average molecular weight is 448 g/mol. The predicted molar refractivity (Wildman–Crippen MR) is 127 cm³/mol. The van der Waals surface area contributed by atoms with E-state index in [0.29, 0.717) is 19.6 Å². The van der Waals surface area contributed by atoms with Crippen LogP contribution in [0, 0.1) is 0 Å². The molecule has 0 bridgehead atoms. The van der Waals surface area contributed by atoms with Crippen LogP contribution >= 0.6 is 24.4 Å². The summed E-state index contributed by atoms with van der Waals surface area (Å²) < 4.78 is 10.6. The van der Waals surface area contributed by atoms with Crippen LogP contribution in [-0.4, -0.2) is 48.1 Å². The van der Waals surface area contributed by atoms with E-state index in [9.17, 15) is 9.59 Å². The molecule has 162 valence electrons. The Morgan fingerprint density at radius 1 is 1.03 bits per heavy atom. The number of thiol groups is 1. The number of hydrogen-bond acceptors (Lipinski definition) is 6. The van der Waals surface area contributed by atoms with E-state index in [2.05, 4.69) is 17.9 Å². The monoisotopic (exact) mass is 447 g/mol. The molecule has 1 fully saturated rings. The number of thioether (sulfide) groups is 1. The molecule has 5 nitrogen and oxygen atoms in total. The van der Waals surface area contributed by atoms with E-state index in [1.54, 1.807) is 11.8 Å². The lowest BCUT2D eigenvalue weighted by atomic mass is 10.3. The fourth-order valence-electron chi connectivity index (χ4n) is 2.56. The Balaban J connectivity index is 1.59. The lowest BCUT2D eigenvalue weighted by Gasteiger charge is -2.07. The first kappa shape index (κ1) is 24.2. The summed E-state index contributed by atoms with van der Waals surface area (Å²) >= 11 is 5.85. The third-order valence-electron chi connectivity index (χ3n) is 4.06. The van der Waals surface area contributed by atoms with Crippen molar-refractivity contribution in [2.45, 2.75) is 31.1 Å². The minimum absolute atomic E-state index is 0.0161. The Morgan fingerprint density at radius 3 is 2.23 bits per heavy atom. The summed E-state index contributed by atoms with van der Waals surface area (Å²) in [5.74, 6) is 1.40. The zero-order valence-corrected chi connectivity index (χ0v) is 18.9. The maximum Gasteiger partial charge on any atom is 0.408 e. The molecular weight excluding hydrogens is 418 g/mol. The molecule has 1 atom stereocenters. The molecule has 0 radical (unpaired) electrons. The number of carbonyl (C=O) groups excluding carboxylic acids is 2. The zero-order valence-electron chi connectivity index (χ0n) is 17.2. The van der Waals surface area contributed by atoms with Crippen molar-refractivity contribution in [3.8, 4) is 0 Å². The molecule has 0 spiro atoms. The Labute approximate surface area is 188 Å². The summed E-state index contributed by atoms with van der Waals surface area (Å²) in [6, 6.07) is 0. The van der Waals surface area contributed by atoms with Crippen molar-refractivity contribution >= 4 is 36.5 Å². The Morgan fingerprint density at radius 2 is 1.63 bits per heavy atom. The first-order valence-electron chi connectivity index (χ1n) is 10.0. The SMILES string of the molecule is CC(S)CC(=O)OCCSCCCNC(=O)OC1C2=C\C=C/C=C\C=C/C=C\C=C21. The van der Waals surface area contributed by atoms with Gasteiger partial charge in [0.05, 0.1) is 6.42 Å². The van der Waals surface area contributed by atoms with Gasteiger partial charge in [0.25, 0.3) is 0 Å². The lowest BCUT2D eigenvalue weighted by molar-refractivity contribution is -0.142. The summed E-state index contributed by atoms with van der Waals surface area (Å²) in [5, 5.41) is 2.81. The largest absolute Gasteiger partial charge is 0.465 e. The van der Waals surface area contributed by atoms with Crippen molar-refractivity contribution in [3.63, 3.8) is 0 Å². The molecule has 7 heteroatoms. The molecule has 0 aromatic heterocycles. The minimum atomic E-state index is -0.411. The van der Waals surface area contributed by atoms with Gasteiger partial charge in [-0.2, -0.15) is 24.4 Å². The third-order valence-corrected chi connectivity index (χ3v) is 5.27. The number of hydrogen-bond donors (Lipinski definition) is 2. The van der Waals surface area contributed by atoms with Crippen LogP contribution in [0.15, 0.2) is 71.9 Å². The van der Waals surface area contributed by atoms with Gasteiger partial charge in [0, 0.05) is 28.7 Å². The van der Waals surface area contributed by atoms with Crippen molar-refractivity contribution in [1.82, 2.24) is 5.32 Å². The van der Waals surface area contributed by atoms with Gasteiger partial charge >= 0.3 is 12.1 Å². The van der Waals surface area contributed by atoms with Crippen LogP contribution in [0.5, 0.6) is 0 Å². The second kappa shape index (κ2) is 14.0. The number of fused-ring (bicyclic) bond motifs is 1. The predicted octanol–water partition coefficient (Wildman–Crippen LogP) is 4.56. The van der Waals surface area contributed by atoms with Crippen LogP contribution < -0.4 is 5.32 Å². The molecule has 1 N–H and O–H groups in total. The summed E-state index contributed by atoms with van der Waals surface area (Å²) in [6.45, 7) is 2.81. The highest BCUT2D eigenvalue weighted by Crippen LogP contribution is 2.40. The highest BCUT2D eigenvalue weighted by molar-refractivity contribution is 7.99. The van der Waals surface area contributed by atoms with E-state index in [0.717, 1.165) is 29.1 Å². The summed E-state index contributed by atoms with van der Waals surface area (Å²) in [6.07, 6.45) is 19.9. The molecule has 2 aliphatic carbocycles. The smallest absolute Gasteiger partial charge is 0.408 e. The van der Waals surface area contributed by atoms with E-state index < -0.39 is 6.09 Å². The molecule has 0 saturated heterocycles. The molecule has 30 heavy (non-hydrogen) atoms. The minimum Gasteiger partial charge on any atom is -0.465 e. The van der Waals surface area contributed by atoms with Crippen molar-refractivity contribution in [2.75, 3.05) is 24.7 Å². The quantitative estimate of drug-likeness (QED) is 0.292. The summed E-state index contributed by atoms with van der Waals surface area (Å²) in [7, 11) is 0. The van der Waals surface area contributed by atoms with E-state index in [4.69, 9.17) is 9.47 Å². The molecule has 2 rings (SSSR count). The molecule has 0 heterocycles. The number of esters is 1. The lowest BCUT2D eigenvalue weighted by Crippen LogP contribution is -2.26. The standard InChI is InChI=1S/C23H29NO4S2/c1-18(29)17-21(25)27-14-16-30-15-10-13-24-23(26)28-22-19-11-8-6-4-2-3-5-7-9-12-20(19)22/h2-9,11-12,18,22,29H,10,13-17H2,1H3,(H,24,26)/b3-2?,4-2-,5-3-,6-4?,7-5?,8-6-,9-7-,11-8?,12-9?,19-11?,20-12?. The Bertz CT molecular complexity index is 725. The number of amides is 1. The van der Waals surface area contributed by atoms with E-state index in [-0.39, 0.29) is 17.3 Å². The van der Waals surface area contributed by atoms with Crippen molar-refractivity contribution in [2.24, 2.45) is 0 Å². The van der Waals surface area contributed by atoms with Gasteiger partial charge in [0.1, 0.15) is 6.61 Å². The number of carbonyl (C=O) groups is 2. The number of rotatable bonds is 10. The van der Waals surface area contributed by atoms with E-state index >= 15 is 0 Å². The van der Waals surface area contributed by atoms with Crippen molar-refractivity contribution < 1.29 is 19.1 Å². The number of ether oxygens (including phenoxy) is 2. The van der Waals surface area contributed by atoms with Crippen molar-refractivity contribution in [3.05, 3.63) is 71.9 Å². The molecule has 1 saturated carbocycles. The normalized spacial score (nSPS) is 22.5. The highest BCUT2D eigenvalue weighted by atomic mass is 32.2. The van der Waals surface area contributed by atoms with E-state index in [1.165, 1.54) is 0 Å². The van der Waals surface area contributed by atoms with Gasteiger partial charge in [0.15, 0.2) is 6.10 Å². The topological polar surface area (TPSA) is 64.6 Å².